The number of cyclic esters (lactones) is 1. The van der Waals surface area contributed by atoms with E-state index in [1.54, 1.807) is 30.3 Å². The van der Waals surface area contributed by atoms with E-state index in [1.807, 2.05) is 6.92 Å². The van der Waals surface area contributed by atoms with Gasteiger partial charge in [-0.1, -0.05) is 18.2 Å². The summed E-state index contributed by atoms with van der Waals surface area (Å²) in [5.41, 5.74) is 0.764. The van der Waals surface area contributed by atoms with E-state index in [0.717, 1.165) is 17.4 Å². The second-order valence-corrected chi connectivity index (χ2v) is 4.75. The number of ketones is 2. The van der Waals surface area contributed by atoms with Gasteiger partial charge >= 0.3 is 5.97 Å². The summed E-state index contributed by atoms with van der Waals surface area (Å²) in [6.45, 7) is 3.96. The van der Waals surface area contributed by atoms with Gasteiger partial charge in [-0.05, 0) is 37.6 Å². The molecule has 0 aliphatic carbocycles. The van der Waals surface area contributed by atoms with Gasteiger partial charge in [0.05, 0.1) is 6.61 Å². The highest BCUT2D eigenvalue weighted by Gasteiger charge is 2.36. The number of carbonyl (C=O) groups is 3. The minimum absolute atomic E-state index is 0.203. The van der Waals surface area contributed by atoms with E-state index >= 15 is 0 Å². The first-order valence-electron chi connectivity index (χ1n) is 6.90. The molecule has 1 atom stereocenters. The van der Waals surface area contributed by atoms with Gasteiger partial charge in [0.15, 0.2) is 17.5 Å². The zero-order valence-corrected chi connectivity index (χ0v) is 12.4. The number of esters is 1. The van der Waals surface area contributed by atoms with Crippen LogP contribution in [0.4, 0.5) is 0 Å². The Morgan fingerprint density at radius 1 is 1.27 bits per heavy atom. The molecule has 0 bridgehead atoms. The molecule has 0 fully saturated rings. The lowest BCUT2D eigenvalue weighted by Crippen LogP contribution is -2.34. The Labute approximate surface area is 128 Å². The van der Waals surface area contributed by atoms with Gasteiger partial charge in [-0.3, -0.25) is 14.4 Å². The van der Waals surface area contributed by atoms with Gasteiger partial charge in [-0.2, -0.15) is 0 Å². The quantitative estimate of drug-likeness (QED) is 0.474. The second-order valence-electron chi connectivity index (χ2n) is 4.75. The molecule has 0 unspecified atom stereocenters. The van der Waals surface area contributed by atoms with Crippen molar-refractivity contribution in [1.82, 2.24) is 0 Å². The molecule has 5 heteroatoms. The zero-order valence-electron chi connectivity index (χ0n) is 12.4. The summed E-state index contributed by atoms with van der Waals surface area (Å²) in [5.74, 6) is -2.43. The number of hydrogen-bond acceptors (Lipinski definition) is 5. The largest absolute Gasteiger partial charge is 0.494 e. The number of benzene rings is 1. The maximum atomic E-state index is 12.0. The second kappa shape index (κ2) is 6.85. The molecule has 1 aromatic rings. The lowest BCUT2D eigenvalue weighted by molar-refractivity contribution is -0.151. The molecule has 1 aliphatic heterocycles. The van der Waals surface area contributed by atoms with E-state index in [4.69, 9.17) is 9.47 Å². The SMILES string of the molecule is CCOc1ccc(/C=C\C(=O)[C@@H]2C(=O)C=C(C)OC2=O)cc1. The fourth-order valence-corrected chi connectivity index (χ4v) is 2.02. The van der Waals surface area contributed by atoms with Crippen molar-refractivity contribution in [3.8, 4) is 5.75 Å². The molecule has 5 nitrogen and oxygen atoms in total. The van der Waals surface area contributed by atoms with E-state index in [1.165, 1.54) is 13.0 Å². The standard InChI is InChI=1S/C17H16O5/c1-3-21-13-7-4-12(5-8-13)6-9-14(18)16-15(19)10-11(2)22-17(16)20/h4-10,16H,3H2,1-2H3/b9-6-/t16-/m1/s1. The van der Waals surface area contributed by atoms with Gasteiger partial charge in [0.1, 0.15) is 11.5 Å². The Balaban J connectivity index is 2.08. The molecule has 2 rings (SSSR count). The Kier molecular flexibility index (Phi) is 4.88. The first kappa shape index (κ1) is 15.7. The van der Waals surface area contributed by atoms with Crippen LogP contribution in [0.3, 0.4) is 0 Å². The van der Waals surface area contributed by atoms with E-state index < -0.39 is 23.5 Å². The van der Waals surface area contributed by atoms with Crippen LogP contribution in [-0.2, 0) is 19.1 Å². The van der Waals surface area contributed by atoms with Gasteiger partial charge in [-0.25, -0.2) is 0 Å². The number of rotatable bonds is 5. The average Bonchev–Trinajstić information content (AvgIpc) is 2.46. The summed E-state index contributed by atoms with van der Waals surface area (Å²) in [4.78, 5) is 35.4. The van der Waals surface area contributed by atoms with Crippen molar-refractivity contribution in [1.29, 1.82) is 0 Å². The molecule has 0 saturated heterocycles. The zero-order chi connectivity index (χ0) is 16.1. The maximum Gasteiger partial charge on any atom is 0.329 e. The molecule has 0 N–H and O–H groups in total. The lowest BCUT2D eigenvalue weighted by atomic mass is 9.96. The van der Waals surface area contributed by atoms with Crippen molar-refractivity contribution in [2.45, 2.75) is 13.8 Å². The van der Waals surface area contributed by atoms with Crippen molar-refractivity contribution in [2.24, 2.45) is 5.92 Å². The average molecular weight is 300 g/mol. The highest BCUT2D eigenvalue weighted by molar-refractivity contribution is 6.25. The number of ether oxygens (including phenoxy) is 2. The predicted octanol–water partition coefficient (Wildman–Crippen LogP) is 2.31. The summed E-state index contributed by atoms with van der Waals surface area (Å²) in [5, 5.41) is 0. The number of allylic oxidation sites excluding steroid dienone is 3. The molecule has 0 amide bonds. The van der Waals surface area contributed by atoms with Crippen LogP contribution in [0.15, 0.2) is 42.2 Å². The van der Waals surface area contributed by atoms with Crippen LogP contribution < -0.4 is 4.74 Å². The molecule has 0 aromatic heterocycles. The summed E-state index contributed by atoms with van der Waals surface area (Å²) in [7, 11) is 0. The third-order valence-corrected chi connectivity index (χ3v) is 3.04. The molecule has 1 heterocycles. The molecule has 0 radical (unpaired) electrons. The highest BCUT2D eigenvalue weighted by Crippen LogP contribution is 2.17. The van der Waals surface area contributed by atoms with Gasteiger partial charge in [0, 0.05) is 6.08 Å². The lowest BCUT2D eigenvalue weighted by Gasteiger charge is -2.15. The van der Waals surface area contributed by atoms with Crippen molar-refractivity contribution in [3.63, 3.8) is 0 Å². The first-order valence-corrected chi connectivity index (χ1v) is 6.90. The van der Waals surface area contributed by atoms with Crippen LogP contribution in [0.25, 0.3) is 6.08 Å². The van der Waals surface area contributed by atoms with E-state index in [9.17, 15) is 14.4 Å². The van der Waals surface area contributed by atoms with E-state index in [0.29, 0.717) is 6.61 Å². The fourth-order valence-electron chi connectivity index (χ4n) is 2.02. The van der Waals surface area contributed by atoms with Crippen LogP contribution in [0, 0.1) is 5.92 Å². The topological polar surface area (TPSA) is 69.7 Å². The van der Waals surface area contributed by atoms with E-state index in [-0.39, 0.29) is 5.76 Å². The Hall–Kier alpha value is -2.69. The smallest absolute Gasteiger partial charge is 0.329 e. The van der Waals surface area contributed by atoms with Crippen LogP contribution >= 0.6 is 0 Å². The molecule has 0 spiro atoms. The molecule has 1 aromatic carbocycles. The molecule has 1 aliphatic rings. The minimum atomic E-state index is -1.40. The van der Waals surface area contributed by atoms with Crippen molar-refractivity contribution in [3.05, 3.63) is 47.7 Å². The highest BCUT2D eigenvalue weighted by atomic mass is 16.5. The predicted molar refractivity (Wildman–Crippen MR) is 80.0 cm³/mol. The molecule has 22 heavy (non-hydrogen) atoms. The third kappa shape index (κ3) is 3.69. The van der Waals surface area contributed by atoms with Crippen molar-refractivity contribution in [2.75, 3.05) is 6.61 Å². The minimum Gasteiger partial charge on any atom is -0.494 e. The first-order chi connectivity index (χ1) is 10.5. The summed E-state index contributed by atoms with van der Waals surface area (Å²) < 4.78 is 10.1. The number of carbonyl (C=O) groups excluding carboxylic acids is 3. The van der Waals surface area contributed by atoms with Crippen molar-refractivity contribution < 1.29 is 23.9 Å². The van der Waals surface area contributed by atoms with Crippen LogP contribution in [-0.4, -0.2) is 24.1 Å². The summed E-state index contributed by atoms with van der Waals surface area (Å²) in [6.07, 6.45) is 3.92. The van der Waals surface area contributed by atoms with Crippen LogP contribution in [0.5, 0.6) is 5.75 Å². The van der Waals surface area contributed by atoms with Crippen molar-refractivity contribution >= 4 is 23.6 Å². The molecule has 0 saturated carbocycles. The molecule has 114 valence electrons. The normalized spacial score (nSPS) is 18.1. The summed E-state index contributed by atoms with van der Waals surface area (Å²) in [6, 6.07) is 7.11. The van der Waals surface area contributed by atoms with Gasteiger partial charge in [0.25, 0.3) is 0 Å². The molecular formula is C17H16O5. The molecular weight excluding hydrogens is 284 g/mol. The maximum absolute atomic E-state index is 12.0. The Bertz CT molecular complexity index is 652. The van der Waals surface area contributed by atoms with Gasteiger partial charge < -0.3 is 9.47 Å². The van der Waals surface area contributed by atoms with Crippen LogP contribution in [0.1, 0.15) is 19.4 Å². The number of hydrogen-bond donors (Lipinski definition) is 0. The van der Waals surface area contributed by atoms with Crippen LogP contribution in [0.2, 0.25) is 0 Å². The van der Waals surface area contributed by atoms with E-state index in [2.05, 4.69) is 0 Å². The monoisotopic (exact) mass is 300 g/mol. The Morgan fingerprint density at radius 3 is 2.55 bits per heavy atom. The summed E-state index contributed by atoms with van der Waals surface area (Å²) >= 11 is 0. The van der Waals surface area contributed by atoms with Gasteiger partial charge in [0.2, 0.25) is 0 Å². The fraction of sp³-hybridized carbons (Fsp3) is 0.235. The Morgan fingerprint density at radius 2 is 1.95 bits per heavy atom. The third-order valence-electron chi connectivity index (χ3n) is 3.04. The van der Waals surface area contributed by atoms with Gasteiger partial charge in [-0.15, -0.1) is 0 Å².